The number of likely N-dealkylation sites (N-methyl/N-ethyl adjacent to an activating group) is 1. The first kappa shape index (κ1) is 24.3. The zero-order valence-corrected chi connectivity index (χ0v) is 21.6. The van der Waals surface area contributed by atoms with Crippen LogP contribution in [0.25, 0.3) is 0 Å². The summed E-state index contributed by atoms with van der Waals surface area (Å²) in [5.41, 5.74) is 3.14. The highest BCUT2D eigenvalue weighted by molar-refractivity contribution is 7.15. The van der Waals surface area contributed by atoms with Crippen molar-refractivity contribution in [2.45, 2.75) is 31.8 Å². The van der Waals surface area contributed by atoms with Crippen LogP contribution in [-0.2, 0) is 13.0 Å². The Hall–Kier alpha value is -3.43. The van der Waals surface area contributed by atoms with Gasteiger partial charge in [0.25, 0.3) is 11.8 Å². The van der Waals surface area contributed by atoms with Crippen LogP contribution in [0.2, 0.25) is 0 Å². The maximum absolute atomic E-state index is 13.4. The van der Waals surface area contributed by atoms with E-state index in [0.717, 1.165) is 43.6 Å². The number of carbonyl (C=O) groups excluding carboxylic acids is 2. The van der Waals surface area contributed by atoms with E-state index in [1.54, 1.807) is 49.8 Å². The van der Waals surface area contributed by atoms with Crippen molar-refractivity contribution >= 4 is 28.3 Å². The van der Waals surface area contributed by atoms with Gasteiger partial charge in [-0.2, -0.15) is 0 Å². The predicted octanol–water partition coefficient (Wildman–Crippen LogP) is 4.38. The van der Waals surface area contributed by atoms with E-state index >= 15 is 0 Å². The second kappa shape index (κ2) is 10.3. The van der Waals surface area contributed by atoms with Crippen LogP contribution in [0, 0.1) is 0 Å². The zero-order chi connectivity index (χ0) is 25.2. The Morgan fingerprint density at radius 2 is 1.89 bits per heavy atom. The molecular formula is C27H30N4O4S. The number of aromatic nitrogens is 1. The van der Waals surface area contributed by atoms with Crippen molar-refractivity contribution < 1.29 is 19.1 Å². The van der Waals surface area contributed by atoms with E-state index in [2.05, 4.69) is 22.2 Å². The number of ether oxygens (including phenoxy) is 2. The quantitative estimate of drug-likeness (QED) is 0.534. The average molecular weight is 507 g/mol. The van der Waals surface area contributed by atoms with Gasteiger partial charge < -0.3 is 19.3 Å². The van der Waals surface area contributed by atoms with E-state index in [-0.39, 0.29) is 17.9 Å². The first-order valence-electron chi connectivity index (χ1n) is 12.1. The highest BCUT2D eigenvalue weighted by atomic mass is 32.1. The summed E-state index contributed by atoms with van der Waals surface area (Å²) < 4.78 is 10.7. The van der Waals surface area contributed by atoms with E-state index in [1.807, 2.05) is 23.1 Å². The van der Waals surface area contributed by atoms with Crippen LogP contribution in [0.5, 0.6) is 11.5 Å². The van der Waals surface area contributed by atoms with Gasteiger partial charge in [-0.15, -0.1) is 11.3 Å². The van der Waals surface area contributed by atoms with Crippen LogP contribution in [-0.4, -0.2) is 61.0 Å². The van der Waals surface area contributed by atoms with Crippen molar-refractivity contribution in [1.29, 1.82) is 0 Å². The summed E-state index contributed by atoms with van der Waals surface area (Å²) in [6.07, 6.45) is 2.65. The molecule has 2 aromatic carbocycles. The largest absolute Gasteiger partial charge is 0.493 e. The summed E-state index contributed by atoms with van der Waals surface area (Å²) in [6.45, 7) is 2.50. The summed E-state index contributed by atoms with van der Waals surface area (Å²) in [6, 6.07) is 12.7. The minimum Gasteiger partial charge on any atom is -0.493 e. The number of rotatable bonds is 6. The van der Waals surface area contributed by atoms with Gasteiger partial charge in [0.1, 0.15) is 0 Å². The van der Waals surface area contributed by atoms with Crippen LogP contribution in [0.1, 0.15) is 55.7 Å². The maximum Gasteiger partial charge on any atom is 0.257 e. The molecule has 8 nitrogen and oxygen atoms in total. The standard InChI is InChI=1S/C27H30N4O4S/c1-30-13-11-20-24(16-30)36-27(28-20)29-25(32)18-7-4-6-17(14-18)21-8-5-12-31(21)26(33)19-9-10-22(34-2)23(15-19)35-3/h4,6-7,9-10,14-15,21H,5,8,11-13,16H2,1-3H3,(H,28,29,32). The second-order valence-electron chi connectivity index (χ2n) is 9.18. The molecule has 0 bridgehead atoms. The van der Waals surface area contributed by atoms with Crippen molar-refractivity contribution in [3.63, 3.8) is 0 Å². The van der Waals surface area contributed by atoms with Gasteiger partial charge in [0.05, 0.1) is 26.0 Å². The lowest BCUT2D eigenvalue weighted by Gasteiger charge is -2.26. The summed E-state index contributed by atoms with van der Waals surface area (Å²) in [5, 5.41) is 3.61. The molecule has 1 N–H and O–H groups in total. The third kappa shape index (κ3) is 4.81. The molecule has 0 aliphatic carbocycles. The van der Waals surface area contributed by atoms with Crippen molar-refractivity contribution in [2.24, 2.45) is 0 Å². The molecule has 0 spiro atoms. The fourth-order valence-corrected chi connectivity index (χ4v) is 6.01. The molecule has 1 fully saturated rings. The highest BCUT2D eigenvalue weighted by Crippen LogP contribution is 2.35. The fourth-order valence-electron chi connectivity index (χ4n) is 4.92. The Morgan fingerprint density at radius 1 is 1.06 bits per heavy atom. The number of nitrogens with one attached hydrogen (secondary N) is 1. The molecule has 2 aliphatic heterocycles. The number of likely N-dealkylation sites (tertiary alicyclic amines) is 1. The lowest BCUT2D eigenvalue weighted by atomic mass is 10.0. The third-order valence-corrected chi connectivity index (χ3v) is 7.82. The Bertz CT molecular complexity index is 1290. The molecule has 1 atom stereocenters. The number of fused-ring (bicyclic) bond motifs is 1. The highest BCUT2D eigenvalue weighted by Gasteiger charge is 2.31. The Labute approximate surface area is 214 Å². The van der Waals surface area contributed by atoms with Crippen molar-refractivity contribution in [3.05, 3.63) is 69.7 Å². The molecule has 2 amide bonds. The number of anilines is 1. The zero-order valence-electron chi connectivity index (χ0n) is 20.7. The van der Waals surface area contributed by atoms with Crippen molar-refractivity contribution in [1.82, 2.24) is 14.8 Å². The van der Waals surface area contributed by atoms with Gasteiger partial charge in [-0.25, -0.2) is 4.98 Å². The minimum atomic E-state index is -0.188. The molecular weight excluding hydrogens is 476 g/mol. The summed E-state index contributed by atoms with van der Waals surface area (Å²) in [5.74, 6) is 0.853. The predicted molar refractivity (Wildman–Crippen MR) is 139 cm³/mol. The van der Waals surface area contributed by atoms with Gasteiger partial charge in [0.15, 0.2) is 16.6 Å². The van der Waals surface area contributed by atoms with Crippen LogP contribution in [0.15, 0.2) is 42.5 Å². The van der Waals surface area contributed by atoms with Gasteiger partial charge >= 0.3 is 0 Å². The van der Waals surface area contributed by atoms with E-state index in [0.29, 0.717) is 34.3 Å². The number of carbonyl (C=O) groups is 2. The van der Waals surface area contributed by atoms with E-state index < -0.39 is 0 Å². The molecule has 3 aromatic rings. The SMILES string of the molecule is COc1ccc(C(=O)N2CCCC2c2cccc(C(=O)Nc3nc4c(s3)CN(C)CC4)c2)cc1OC. The first-order valence-corrected chi connectivity index (χ1v) is 12.9. The molecule has 5 rings (SSSR count). The first-order chi connectivity index (χ1) is 17.5. The Morgan fingerprint density at radius 3 is 2.69 bits per heavy atom. The summed E-state index contributed by atoms with van der Waals surface area (Å²) in [7, 11) is 5.22. The van der Waals surface area contributed by atoms with Crippen LogP contribution in [0.3, 0.4) is 0 Å². The topological polar surface area (TPSA) is 84.0 Å². The molecule has 9 heteroatoms. The lowest BCUT2D eigenvalue weighted by Crippen LogP contribution is -2.30. The molecule has 36 heavy (non-hydrogen) atoms. The van der Waals surface area contributed by atoms with Gasteiger partial charge in [0, 0.05) is 42.1 Å². The van der Waals surface area contributed by atoms with Crippen LogP contribution >= 0.6 is 11.3 Å². The van der Waals surface area contributed by atoms with Crippen LogP contribution in [0.4, 0.5) is 5.13 Å². The minimum absolute atomic E-state index is 0.0633. The maximum atomic E-state index is 13.4. The van der Waals surface area contributed by atoms with Crippen molar-refractivity contribution in [3.8, 4) is 11.5 Å². The lowest BCUT2D eigenvalue weighted by molar-refractivity contribution is 0.0735. The third-order valence-electron chi connectivity index (χ3n) is 6.82. The summed E-state index contributed by atoms with van der Waals surface area (Å²) >= 11 is 1.54. The van der Waals surface area contributed by atoms with Gasteiger partial charge in [-0.1, -0.05) is 12.1 Å². The molecule has 0 radical (unpaired) electrons. The normalized spacial score (nSPS) is 17.5. The van der Waals surface area contributed by atoms with Gasteiger partial charge in [0.2, 0.25) is 0 Å². The molecule has 0 saturated carbocycles. The molecule has 1 unspecified atom stereocenters. The number of methoxy groups -OCH3 is 2. The smallest absolute Gasteiger partial charge is 0.257 e. The fraction of sp³-hybridized carbons (Fsp3) is 0.370. The Kier molecular flexibility index (Phi) is 6.93. The molecule has 1 saturated heterocycles. The van der Waals surface area contributed by atoms with Gasteiger partial charge in [-0.05, 0) is 55.8 Å². The number of hydrogen-bond acceptors (Lipinski definition) is 7. The number of hydrogen-bond donors (Lipinski definition) is 1. The van der Waals surface area contributed by atoms with E-state index in [4.69, 9.17) is 9.47 Å². The van der Waals surface area contributed by atoms with Gasteiger partial charge in [-0.3, -0.25) is 14.9 Å². The van der Waals surface area contributed by atoms with E-state index in [9.17, 15) is 9.59 Å². The molecule has 188 valence electrons. The number of thiazole rings is 1. The molecule has 2 aliphatic rings. The van der Waals surface area contributed by atoms with Crippen molar-refractivity contribution in [2.75, 3.05) is 39.7 Å². The van der Waals surface area contributed by atoms with Crippen LogP contribution < -0.4 is 14.8 Å². The monoisotopic (exact) mass is 506 g/mol. The number of nitrogens with zero attached hydrogens (tertiary/aromatic N) is 3. The molecule has 3 heterocycles. The number of amides is 2. The number of benzene rings is 2. The second-order valence-corrected chi connectivity index (χ2v) is 10.3. The average Bonchev–Trinajstić information content (AvgIpc) is 3.54. The molecule has 1 aromatic heterocycles. The van der Waals surface area contributed by atoms with E-state index in [1.165, 1.54) is 4.88 Å². The Balaban J connectivity index is 1.33. The summed E-state index contributed by atoms with van der Waals surface area (Å²) in [4.78, 5) is 36.5.